The standard InChI is InChI=1S/C14H13ClF2N2O2/c15-10-7-9(1-2-11(10)16)13(21)19-5-3-14(17,4-6-19)12(20)8-18/h1-2,7-8,18H,3-6H2. The summed E-state index contributed by atoms with van der Waals surface area (Å²) in [6.45, 7) is 0.119. The number of likely N-dealkylation sites (tertiary alicyclic amines) is 1. The van der Waals surface area contributed by atoms with E-state index in [0.717, 1.165) is 6.07 Å². The van der Waals surface area contributed by atoms with Crippen LogP contribution >= 0.6 is 11.6 Å². The van der Waals surface area contributed by atoms with Crippen LogP contribution in [0.5, 0.6) is 0 Å². The summed E-state index contributed by atoms with van der Waals surface area (Å²) < 4.78 is 27.3. The van der Waals surface area contributed by atoms with Crippen molar-refractivity contribution in [2.75, 3.05) is 13.1 Å². The van der Waals surface area contributed by atoms with Crippen molar-refractivity contribution in [2.24, 2.45) is 0 Å². The molecule has 0 saturated carbocycles. The average molecular weight is 315 g/mol. The minimum absolute atomic E-state index is 0.0594. The molecule has 1 aromatic carbocycles. The van der Waals surface area contributed by atoms with E-state index < -0.39 is 17.3 Å². The van der Waals surface area contributed by atoms with E-state index in [1.165, 1.54) is 17.0 Å². The Kier molecular flexibility index (Phi) is 4.37. The van der Waals surface area contributed by atoms with Gasteiger partial charge < -0.3 is 10.3 Å². The van der Waals surface area contributed by atoms with Crippen LogP contribution in [0.3, 0.4) is 0 Å². The van der Waals surface area contributed by atoms with Crippen molar-refractivity contribution < 1.29 is 18.4 Å². The molecule has 7 heteroatoms. The first kappa shape index (κ1) is 15.6. The largest absolute Gasteiger partial charge is 0.338 e. The summed E-state index contributed by atoms with van der Waals surface area (Å²) >= 11 is 5.63. The number of amides is 1. The first-order valence-electron chi connectivity index (χ1n) is 6.35. The van der Waals surface area contributed by atoms with Gasteiger partial charge in [0, 0.05) is 31.5 Å². The lowest BCUT2D eigenvalue weighted by molar-refractivity contribution is -0.125. The van der Waals surface area contributed by atoms with Gasteiger partial charge in [-0.15, -0.1) is 0 Å². The van der Waals surface area contributed by atoms with E-state index in [1.54, 1.807) is 0 Å². The normalized spacial score (nSPS) is 17.4. The third-order valence-corrected chi connectivity index (χ3v) is 3.87. The van der Waals surface area contributed by atoms with Gasteiger partial charge in [0.15, 0.2) is 5.67 Å². The number of benzene rings is 1. The van der Waals surface area contributed by atoms with Gasteiger partial charge in [0.05, 0.1) is 11.2 Å². The third-order valence-electron chi connectivity index (χ3n) is 3.58. The molecular formula is C14H13ClF2N2O2. The zero-order valence-electron chi connectivity index (χ0n) is 11.0. The van der Waals surface area contributed by atoms with Crippen molar-refractivity contribution in [1.29, 1.82) is 5.41 Å². The number of rotatable bonds is 3. The molecule has 1 aliphatic heterocycles. The van der Waals surface area contributed by atoms with Crippen LogP contribution in [0.4, 0.5) is 8.78 Å². The van der Waals surface area contributed by atoms with Crippen molar-refractivity contribution in [2.45, 2.75) is 18.5 Å². The van der Waals surface area contributed by atoms with Gasteiger partial charge in [-0.2, -0.15) is 0 Å². The van der Waals surface area contributed by atoms with Gasteiger partial charge in [-0.1, -0.05) is 11.6 Å². The second-order valence-corrected chi connectivity index (χ2v) is 5.30. The van der Waals surface area contributed by atoms with Gasteiger partial charge in [-0.25, -0.2) is 8.78 Å². The first-order chi connectivity index (χ1) is 9.87. The molecule has 0 unspecified atom stereocenters. The fourth-order valence-corrected chi connectivity index (χ4v) is 2.43. The minimum atomic E-state index is -2.07. The monoisotopic (exact) mass is 314 g/mol. The second-order valence-electron chi connectivity index (χ2n) is 4.89. The molecule has 1 amide bonds. The maximum absolute atomic E-state index is 14.2. The summed E-state index contributed by atoms with van der Waals surface area (Å²) in [5.41, 5.74) is -1.86. The topological polar surface area (TPSA) is 61.2 Å². The smallest absolute Gasteiger partial charge is 0.253 e. The molecule has 0 radical (unpaired) electrons. The summed E-state index contributed by atoms with van der Waals surface area (Å²) in [5, 5.41) is 6.68. The molecule has 1 N–H and O–H groups in total. The number of halogens is 3. The first-order valence-corrected chi connectivity index (χ1v) is 6.73. The fraction of sp³-hybridized carbons (Fsp3) is 0.357. The maximum Gasteiger partial charge on any atom is 0.253 e. The number of hydrogen-bond acceptors (Lipinski definition) is 3. The zero-order chi connectivity index (χ0) is 15.6. The van der Waals surface area contributed by atoms with Gasteiger partial charge in [-0.05, 0) is 18.2 Å². The number of hydrogen-bond donors (Lipinski definition) is 1. The Morgan fingerprint density at radius 1 is 1.33 bits per heavy atom. The lowest BCUT2D eigenvalue weighted by Gasteiger charge is -2.34. The highest BCUT2D eigenvalue weighted by molar-refractivity contribution is 6.31. The Morgan fingerprint density at radius 3 is 2.48 bits per heavy atom. The second kappa shape index (κ2) is 5.89. The Balaban J connectivity index is 2.08. The van der Waals surface area contributed by atoms with Crippen molar-refractivity contribution in [3.05, 3.63) is 34.6 Å². The quantitative estimate of drug-likeness (QED) is 0.872. The van der Waals surface area contributed by atoms with E-state index in [1.807, 2.05) is 0 Å². The molecule has 1 heterocycles. The van der Waals surface area contributed by atoms with Crippen molar-refractivity contribution >= 4 is 29.5 Å². The number of alkyl halides is 1. The predicted octanol–water partition coefficient (Wildman–Crippen LogP) is 2.64. The van der Waals surface area contributed by atoms with Crippen molar-refractivity contribution in [3.63, 3.8) is 0 Å². The van der Waals surface area contributed by atoms with E-state index in [9.17, 15) is 18.4 Å². The van der Waals surface area contributed by atoms with Crippen molar-refractivity contribution in [3.8, 4) is 0 Å². The minimum Gasteiger partial charge on any atom is -0.338 e. The summed E-state index contributed by atoms with van der Waals surface area (Å²) in [6, 6.07) is 3.63. The third kappa shape index (κ3) is 3.10. The summed E-state index contributed by atoms with van der Waals surface area (Å²) in [4.78, 5) is 24.9. The van der Waals surface area contributed by atoms with Gasteiger partial charge in [-0.3, -0.25) is 9.59 Å². The van der Waals surface area contributed by atoms with E-state index in [4.69, 9.17) is 17.0 Å². The van der Waals surface area contributed by atoms with Crippen molar-refractivity contribution in [1.82, 2.24) is 4.90 Å². The maximum atomic E-state index is 14.2. The molecule has 1 aliphatic rings. The van der Waals surface area contributed by atoms with Crippen LogP contribution in [0.15, 0.2) is 18.2 Å². The highest BCUT2D eigenvalue weighted by atomic mass is 35.5. The van der Waals surface area contributed by atoms with Gasteiger partial charge >= 0.3 is 0 Å². The fourth-order valence-electron chi connectivity index (χ4n) is 2.25. The van der Waals surface area contributed by atoms with Crippen LogP contribution in [0.25, 0.3) is 0 Å². The van der Waals surface area contributed by atoms with Gasteiger partial charge in [0.1, 0.15) is 5.82 Å². The van der Waals surface area contributed by atoms with Gasteiger partial charge in [0.25, 0.3) is 5.91 Å². The van der Waals surface area contributed by atoms with Crippen LogP contribution in [0.1, 0.15) is 23.2 Å². The zero-order valence-corrected chi connectivity index (χ0v) is 11.8. The summed E-state index contributed by atoms with van der Waals surface area (Å²) in [5.74, 6) is -1.88. The predicted molar refractivity (Wildman–Crippen MR) is 74.2 cm³/mol. The molecule has 2 rings (SSSR count). The number of piperidine rings is 1. The molecule has 0 aliphatic carbocycles. The molecule has 1 aromatic rings. The number of carbonyl (C=O) groups excluding carboxylic acids is 2. The molecule has 21 heavy (non-hydrogen) atoms. The van der Waals surface area contributed by atoms with Crippen LogP contribution in [-0.4, -0.2) is 41.6 Å². The molecule has 0 aromatic heterocycles. The number of nitrogens with zero attached hydrogens (tertiary/aromatic N) is 1. The lowest BCUT2D eigenvalue weighted by atomic mass is 9.89. The number of carbonyl (C=O) groups is 2. The highest BCUT2D eigenvalue weighted by Crippen LogP contribution is 2.28. The summed E-state index contributed by atoms with van der Waals surface area (Å²) in [6.07, 6.45) is 0.168. The molecule has 1 fully saturated rings. The van der Waals surface area contributed by atoms with E-state index in [-0.39, 0.29) is 42.4 Å². The Hall–Kier alpha value is -1.82. The molecule has 1 saturated heterocycles. The molecule has 112 valence electrons. The van der Waals surface area contributed by atoms with E-state index in [0.29, 0.717) is 6.21 Å². The summed E-state index contributed by atoms with van der Waals surface area (Å²) in [7, 11) is 0. The molecule has 0 atom stereocenters. The average Bonchev–Trinajstić information content (AvgIpc) is 2.49. The number of nitrogens with one attached hydrogen (secondary N) is 1. The SMILES string of the molecule is N=CC(=O)C1(F)CCN(C(=O)c2ccc(F)c(Cl)c2)CC1. The molecule has 4 nitrogen and oxygen atoms in total. The number of Topliss-reactive ketones (excluding diaryl/α,β-unsaturated/α-hetero) is 1. The van der Waals surface area contributed by atoms with E-state index in [2.05, 4.69) is 0 Å². The van der Waals surface area contributed by atoms with Gasteiger partial charge in [0.2, 0.25) is 5.78 Å². The van der Waals surface area contributed by atoms with E-state index >= 15 is 0 Å². The lowest BCUT2D eigenvalue weighted by Crippen LogP contribution is -2.48. The van der Waals surface area contributed by atoms with Crippen LogP contribution < -0.4 is 0 Å². The Labute approximate surface area is 125 Å². The van der Waals surface area contributed by atoms with Crippen LogP contribution in [0, 0.1) is 11.2 Å². The number of ketones is 1. The Bertz CT molecular complexity index is 599. The molecular weight excluding hydrogens is 302 g/mol. The molecule has 0 spiro atoms. The molecule has 0 bridgehead atoms. The van der Waals surface area contributed by atoms with Crippen LogP contribution in [0.2, 0.25) is 5.02 Å². The van der Waals surface area contributed by atoms with Crippen LogP contribution in [-0.2, 0) is 4.79 Å². The highest BCUT2D eigenvalue weighted by Gasteiger charge is 2.41. The Morgan fingerprint density at radius 2 is 1.95 bits per heavy atom.